The summed E-state index contributed by atoms with van der Waals surface area (Å²) in [7, 11) is 0. The number of aliphatic imine (C=N–C) groups is 1. The maximum atomic E-state index is 5.04. The summed E-state index contributed by atoms with van der Waals surface area (Å²) in [5.74, 6) is 2.13. The summed E-state index contributed by atoms with van der Waals surface area (Å²) in [5.41, 5.74) is 0.933. The van der Waals surface area contributed by atoms with E-state index >= 15 is 0 Å². The topological polar surface area (TPSA) is 24.4 Å². The molecule has 2 atom stereocenters. The molecule has 1 spiro atoms. The number of nitrogens with zero attached hydrogens (tertiary/aromatic N) is 1. The van der Waals surface area contributed by atoms with E-state index in [9.17, 15) is 0 Å². The van der Waals surface area contributed by atoms with Crippen molar-refractivity contribution in [2.45, 2.75) is 83.7 Å². The first-order valence-corrected chi connectivity index (χ1v) is 9.44. The number of hydrogen-bond donors (Lipinski definition) is 1. The first-order chi connectivity index (χ1) is 9.46. The molecule has 0 bridgehead atoms. The average Bonchev–Trinajstić information content (AvgIpc) is 2.74. The van der Waals surface area contributed by atoms with Crippen LogP contribution >= 0.6 is 11.8 Å². The molecule has 0 aromatic heterocycles. The van der Waals surface area contributed by atoms with Gasteiger partial charge in [-0.3, -0.25) is 4.99 Å². The fourth-order valence-corrected chi connectivity index (χ4v) is 5.42. The number of rotatable bonds is 1. The van der Waals surface area contributed by atoms with Crippen LogP contribution in [0.15, 0.2) is 4.99 Å². The van der Waals surface area contributed by atoms with Gasteiger partial charge in [-0.1, -0.05) is 45.4 Å². The number of thioether (sulfide) groups is 1. The van der Waals surface area contributed by atoms with Gasteiger partial charge in [0.25, 0.3) is 0 Å². The van der Waals surface area contributed by atoms with Crippen LogP contribution in [0.5, 0.6) is 0 Å². The molecule has 3 fully saturated rings. The first kappa shape index (κ1) is 14.7. The highest BCUT2D eigenvalue weighted by Gasteiger charge is 2.40. The van der Waals surface area contributed by atoms with Crippen LogP contribution in [0, 0.1) is 11.3 Å². The predicted molar refractivity (Wildman–Crippen MR) is 89.4 cm³/mol. The lowest BCUT2D eigenvalue weighted by atomic mass is 9.76. The molecule has 3 rings (SSSR count). The summed E-state index contributed by atoms with van der Waals surface area (Å²) < 4.78 is 0. The summed E-state index contributed by atoms with van der Waals surface area (Å²) in [6.45, 7) is 7.21. The highest BCUT2D eigenvalue weighted by Crippen LogP contribution is 2.40. The molecule has 0 aromatic carbocycles. The van der Waals surface area contributed by atoms with Gasteiger partial charge in [0.2, 0.25) is 0 Å². The quantitative estimate of drug-likeness (QED) is 0.764. The Morgan fingerprint density at radius 1 is 1.15 bits per heavy atom. The molecule has 0 aromatic rings. The van der Waals surface area contributed by atoms with Crippen LogP contribution in [0.4, 0.5) is 0 Å². The Bertz CT molecular complexity index is 380. The zero-order chi connectivity index (χ0) is 14.2. The first-order valence-electron chi connectivity index (χ1n) is 8.45. The molecular weight excluding hydrogens is 264 g/mol. The predicted octanol–water partition coefficient (Wildman–Crippen LogP) is 4.60. The Kier molecular flexibility index (Phi) is 4.09. The lowest BCUT2D eigenvalue weighted by Crippen LogP contribution is -2.47. The van der Waals surface area contributed by atoms with E-state index in [4.69, 9.17) is 4.99 Å². The Morgan fingerprint density at radius 2 is 1.90 bits per heavy atom. The smallest absolute Gasteiger partial charge is 0.157 e. The maximum Gasteiger partial charge on any atom is 0.157 e. The molecule has 2 aliphatic carbocycles. The lowest BCUT2D eigenvalue weighted by molar-refractivity contribution is 0.224. The van der Waals surface area contributed by atoms with E-state index in [2.05, 4.69) is 26.1 Å². The molecule has 1 aliphatic heterocycles. The molecule has 114 valence electrons. The van der Waals surface area contributed by atoms with Gasteiger partial charge in [-0.15, -0.1) is 0 Å². The molecule has 3 aliphatic rings. The minimum Gasteiger partial charge on any atom is -0.359 e. The SMILES string of the molecule is CC1CCCC2(CSC(=NC3CCC(C)(C)CC3)N2)C1. The van der Waals surface area contributed by atoms with E-state index in [1.54, 1.807) is 0 Å². The fraction of sp³-hybridized carbons (Fsp3) is 0.941. The van der Waals surface area contributed by atoms with Crippen LogP contribution in [0.25, 0.3) is 0 Å². The van der Waals surface area contributed by atoms with Crippen molar-refractivity contribution in [1.82, 2.24) is 5.32 Å². The molecule has 3 heteroatoms. The summed E-state index contributed by atoms with van der Waals surface area (Å²) >= 11 is 1.98. The standard InChI is InChI=1S/C17H30N2S/c1-13-5-4-8-17(11-13)12-20-15(19-17)18-14-6-9-16(2,3)10-7-14/h13-14H,4-12H2,1-3H3,(H,18,19). The van der Waals surface area contributed by atoms with Crippen molar-refractivity contribution >= 4 is 16.9 Å². The summed E-state index contributed by atoms with van der Waals surface area (Å²) in [6.07, 6.45) is 10.7. The monoisotopic (exact) mass is 294 g/mol. The Balaban J connectivity index is 1.58. The van der Waals surface area contributed by atoms with Crippen LogP contribution in [0.1, 0.15) is 72.1 Å². The van der Waals surface area contributed by atoms with Crippen molar-refractivity contribution in [3.05, 3.63) is 0 Å². The van der Waals surface area contributed by atoms with Gasteiger partial charge >= 0.3 is 0 Å². The van der Waals surface area contributed by atoms with Crippen molar-refractivity contribution in [1.29, 1.82) is 0 Å². The van der Waals surface area contributed by atoms with Crippen molar-refractivity contribution < 1.29 is 0 Å². The molecule has 2 nitrogen and oxygen atoms in total. The van der Waals surface area contributed by atoms with E-state index in [0.717, 1.165) is 5.92 Å². The zero-order valence-corrected chi connectivity index (χ0v) is 14.2. The second-order valence-electron chi connectivity index (χ2n) is 8.23. The number of amidine groups is 1. The van der Waals surface area contributed by atoms with E-state index in [0.29, 0.717) is 17.0 Å². The van der Waals surface area contributed by atoms with Gasteiger partial charge < -0.3 is 5.32 Å². The van der Waals surface area contributed by atoms with Crippen LogP contribution in [0.2, 0.25) is 0 Å². The van der Waals surface area contributed by atoms with E-state index < -0.39 is 0 Å². The maximum absolute atomic E-state index is 5.04. The molecule has 2 unspecified atom stereocenters. The molecule has 2 saturated carbocycles. The van der Waals surface area contributed by atoms with E-state index in [-0.39, 0.29) is 0 Å². The molecule has 0 amide bonds. The summed E-state index contributed by atoms with van der Waals surface area (Å²) in [4.78, 5) is 5.04. The number of hydrogen-bond acceptors (Lipinski definition) is 2. The van der Waals surface area contributed by atoms with Crippen LogP contribution in [-0.2, 0) is 0 Å². The van der Waals surface area contributed by atoms with Gasteiger partial charge in [-0.2, -0.15) is 0 Å². The molecular formula is C17H30N2S. The van der Waals surface area contributed by atoms with Crippen LogP contribution < -0.4 is 5.32 Å². The van der Waals surface area contributed by atoms with Crippen molar-refractivity contribution in [3.63, 3.8) is 0 Å². The second kappa shape index (κ2) is 5.55. The average molecular weight is 295 g/mol. The molecule has 20 heavy (non-hydrogen) atoms. The van der Waals surface area contributed by atoms with Gasteiger partial charge in [-0.25, -0.2) is 0 Å². The van der Waals surface area contributed by atoms with Crippen LogP contribution in [-0.4, -0.2) is 22.5 Å². The van der Waals surface area contributed by atoms with Gasteiger partial charge in [-0.05, 0) is 49.9 Å². The van der Waals surface area contributed by atoms with Gasteiger partial charge in [0, 0.05) is 11.3 Å². The van der Waals surface area contributed by atoms with E-state index in [1.165, 1.54) is 62.3 Å². The lowest BCUT2D eigenvalue weighted by Gasteiger charge is -2.36. The fourth-order valence-electron chi connectivity index (χ4n) is 4.16. The van der Waals surface area contributed by atoms with Gasteiger partial charge in [0.15, 0.2) is 5.17 Å². The largest absolute Gasteiger partial charge is 0.359 e. The minimum atomic E-state index is 0.384. The normalized spacial score (nSPS) is 40.1. The Hall–Kier alpha value is -0.180. The third kappa shape index (κ3) is 3.35. The highest BCUT2D eigenvalue weighted by atomic mass is 32.2. The third-order valence-corrected chi connectivity index (χ3v) is 6.74. The summed E-state index contributed by atoms with van der Waals surface area (Å²) in [6, 6.07) is 0.578. The zero-order valence-electron chi connectivity index (χ0n) is 13.4. The second-order valence-corrected chi connectivity index (χ2v) is 9.19. The van der Waals surface area contributed by atoms with Crippen molar-refractivity contribution in [2.75, 3.05) is 5.75 Å². The van der Waals surface area contributed by atoms with Gasteiger partial charge in [0.1, 0.15) is 0 Å². The van der Waals surface area contributed by atoms with Crippen molar-refractivity contribution in [3.8, 4) is 0 Å². The molecule has 0 radical (unpaired) electrons. The van der Waals surface area contributed by atoms with Crippen molar-refractivity contribution in [2.24, 2.45) is 16.3 Å². The van der Waals surface area contributed by atoms with Crippen LogP contribution in [0.3, 0.4) is 0 Å². The molecule has 1 heterocycles. The van der Waals surface area contributed by atoms with E-state index in [1.807, 2.05) is 11.8 Å². The Labute approximate surface area is 128 Å². The third-order valence-electron chi connectivity index (χ3n) is 5.56. The molecule has 1 saturated heterocycles. The Morgan fingerprint density at radius 3 is 2.60 bits per heavy atom. The minimum absolute atomic E-state index is 0.384. The highest BCUT2D eigenvalue weighted by molar-refractivity contribution is 8.14. The summed E-state index contributed by atoms with van der Waals surface area (Å²) in [5, 5.41) is 5.07. The van der Waals surface area contributed by atoms with Gasteiger partial charge in [0.05, 0.1) is 6.04 Å². The number of nitrogens with one attached hydrogen (secondary N) is 1. The molecule has 1 N–H and O–H groups in total.